The van der Waals surface area contributed by atoms with Gasteiger partial charge in [-0.2, -0.15) is 0 Å². The van der Waals surface area contributed by atoms with Gasteiger partial charge in [-0.25, -0.2) is 0 Å². The van der Waals surface area contributed by atoms with Crippen LogP contribution in [-0.2, 0) is 9.53 Å². The molecule has 5 heteroatoms. The average Bonchev–Trinajstić information content (AvgIpc) is 2.84. The Morgan fingerprint density at radius 2 is 1.45 bits per heavy atom. The fourth-order valence-corrected chi connectivity index (χ4v) is 4.51. The molecule has 31 heavy (non-hydrogen) atoms. The van der Waals surface area contributed by atoms with E-state index in [9.17, 15) is 4.79 Å². The van der Waals surface area contributed by atoms with Crippen molar-refractivity contribution in [2.45, 2.75) is 12.0 Å². The monoisotopic (exact) mass is 414 g/mol. The van der Waals surface area contributed by atoms with Crippen LogP contribution in [-0.4, -0.2) is 43.7 Å². The molecule has 158 valence electrons. The minimum Gasteiger partial charge on any atom is -0.457 e. The zero-order valence-electron chi connectivity index (χ0n) is 17.4. The fraction of sp³-hybridized carbons (Fsp3) is 0.269. The van der Waals surface area contributed by atoms with Crippen LogP contribution in [0.25, 0.3) is 0 Å². The number of nitrogens with one attached hydrogen (secondary N) is 1. The highest BCUT2D eigenvalue weighted by molar-refractivity contribution is 5.89. The van der Waals surface area contributed by atoms with Crippen molar-refractivity contribution in [2.24, 2.45) is 0 Å². The highest BCUT2D eigenvalue weighted by Crippen LogP contribution is 2.43. The number of morpholine rings is 1. The van der Waals surface area contributed by atoms with Crippen molar-refractivity contribution in [1.29, 1.82) is 0 Å². The molecule has 1 amide bonds. The van der Waals surface area contributed by atoms with Crippen molar-refractivity contribution >= 4 is 5.91 Å². The van der Waals surface area contributed by atoms with Crippen LogP contribution in [0, 0.1) is 0 Å². The van der Waals surface area contributed by atoms with Gasteiger partial charge in [-0.05, 0) is 17.7 Å². The van der Waals surface area contributed by atoms with E-state index in [1.807, 2.05) is 54.6 Å². The van der Waals surface area contributed by atoms with Crippen LogP contribution < -0.4 is 10.1 Å². The van der Waals surface area contributed by atoms with Gasteiger partial charge in [-0.15, -0.1) is 0 Å². The van der Waals surface area contributed by atoms with Gasteiger partial charge < -0.3 is 14.8 Å². The summed E-state index contributed by atoms with van der Waals surface area (Å²) in [6.07, 6.45) is 0. The predicted molar refractivity (Wildman–Crippen MR) is 119 cm³/mol. The largest absolute Gasteiger partial charge is 0.457 e. The molecule has 1 saturated heterocycles. The lowest BCUT2D eigenvalue weighted by molar-refractivity contribution is -0.122. The lowest BCUT2D eigenvalue weighted by Crippen LogP contribution is -2.44. The summed E-state index contributed by atoms with van der Waals surface area (Å²) in [6.45, 7) is 3.71. The van der Waals surface area contributed by atoms with Crippen molar-refractivity contribution in [3.8, 4) is 11.5 Å². The summed E-state index contributed by atoms with van der Waals surface area (Å²) in [4.78, 5) is 15.9. The number of benzene rings is 3. The second-order valence-corrected chi connectivity index (χ2v) is 7.93. The SMILES string of the molecule is O=C(NC[C@H](c1ccccc1)N1CCOCC1)C1c2ccccc2Oc2ccccc21. The molecule has 2 aliphatic rings. The molecule has 0 saturated carbocycles. The topological polar surface area (TPSA) is 50.8 Å². The number of rotatable bonds is 5. The first-order valence-electron chi connectivity index (χ1n) is 10.8. The van der Waals surface area contributed by atoms with Crippen molar-refractivity contribution in [3.05, 3.63) is 95.6 Å². The number of hydrogen-bond acceptors (Lipinski definition) is 4. The molecule has 0 bridgehead atoms. The molecule has 0 aromatic heterocycles. The zero-order chi connectivity index (χ0) is 21.0. The lowest BCUT2D eigenvalue weighted by atomic mass is 9.87. The number of fused-ring (bicyclic) bond motifs is 2. The first-order valence-corrected chi connectivity index (χ1v) is 10.8. The molecule has 1 N–H and O–H groups in total. The van der Waals surface area contributed by atoms with Gasteiger partial charge in [0, 0.05) is 30.8 Å². The molecule has 1 atom stereocenters. The molecule has 5 rings (SSSR count). The Morgan fingerprint density at radius 3 is 2.10 bits per heavy atom. The van der Waals surface area contributed by atoms with Crippen molar-refractivity contribution in [2.75, 3.05) is 32.8 Å². The predicted octanol–water partition coefficient (Wildman–Crippen LogP) is 4.11. The van der Waals surface area contributed by atoms with Crippen LogP contribution >= 0.6 is 0 Å². The van der Waals surface area contributed by atoms with E-state index in [2.05, 4.69) is 34.5 Å². The molecule has 2 aliphatic heterocycles. The second kappa shape index (κ2) is 8.92. The molecular formula is C26H26N2O3. The normalized spacial score (nSPS) is 17.2. The first-order chi connectivity index (χ1) is 15.3. The third-order valence-electron chi connectivity index (χ3n) is 6.08. The molecule has 0 spiro atoms. The number of ether oxygens (including phenoxy) is 2. The van der Waals surface area contributed by atoms with Crippen LogP contribution in [0.1, 0.15) is 28.7 Å². The lowest BCUT2D eigenvalue weighted by Gasteiger charge is -2.35. The van der Waals surface area contributed by atoms with Gasteiger partial charge >= 0.3 is 0 Å². The minimum atomic E-state index is -0.387. The second-order valence-electron chi connectivity index (χ2n) is 7.93. The summed E-state index contributed by atoms with van der Waals surface area (Å²) < 4.78 is 11.6. The summed E-state index contributed by atoms with van der Waals surface area (Å²) in [6, 6.07) is 26.1. The average molecular weight is 415 g/mol. The molecule has 0 radical (unpaired) electrons. The summed E-state index contributed by atoms with van der Waals surface area (Å²) >= 11 is 0. The van der Waals surface area contributed by atoms with Crippen molar-refractivity contribution in [3.63, 3.8) is 0 Å². The van der Waals surface area contributed by atoms with E-state index >= 15 is 0 Å². The van der Waals surface area contributed by atoms with E-state index in [1.54, 1.807) is 0 Å². The standard InChI is InChI=1S/C26H26N2O3/c29-26(25-20-10-4-6-12-23(20)31-24-13-7-5-11-21(24)25)27-18-22(19-8-2-1-3-9-19)28-14-16-30-17-15-28/h1-13,22,25H,14-18H2,(H,27,29)/t22-/m1/s1. The maximum atomic E-state index is 13.5. The summed E-state index contributed by atoms with van der Waals surface area (Å²) in [5.41, 5.74) is 3.01. The number of carbonyl (C=O) groups excluding carboxylic acids is 1. The molecule has 3 aromatic rings. The van der Waals surface area contributed by atoms with E-state index in [0.29, 0.717) is 6.54 Å². The van der Waals surface area contributed by atoms with E-state index in [4.69, 9.17) is 9.47 Å². The summed E-state index contributed by atoms with van der Waals surface area (Å²) in [7, 11) is 0. The highest BCUT2D eigenvalue weighted by atomic mass is 16.5. The van der Waals surface area contributed by atoms with Gasteiger partial charge in [0.25, 0.3) is 0 Å². The van der Waals surface area contributed by atoms with Crippen LogP contribution in [0.4, 0.5) is 0 Å². The Bertz CT molecular complexity index is 1000. The van der Waals surface area contributed by atoms with Gasteiger partial charge in [-0.1, -0.05) is 66.7 Å². The molecular weight excluding hydrogens is 388 g/mol. The van der Waals surface area contributed by atoms with E-state index < -0.39 is 0 Å². The molecule has 1 fully saturated rings. The Kier molecular flexibility index (Phi) is 5.69. The molecule has 2 heterocycles. The highest BCUT2D eigenvalue weighted by Gasteiger charge is 2.33. The van der Waals surface area contributed by atoms with Crippen LogP contribution in [0.5, 0.6) is 11.5 Å². The van der Waals surface area contributed by atoms with Gasteiger partial charge in [-0.3, -0.25) is 9.69 Å². The van der Waals surface area contributed by atoms with Crippen molar-refractivity contribution in [1.82, 2.24) is 10.2 Å². The third kappa shape index (κ3) is 4.07. The van der Waals surface area contributed by atoms with Gasteiger partial charge in [0.15, 0.2) is 0 Å². The number of hydrogen-bond donors (Lipinski definition) is 1. The van der Waals surface area contributed by atoms with E-state index in [0.717, 1.165) is 48.9 Å². The third-order valence-corrected chi connectivity index (χ3v) is 6.08. The Labute approximate surface area is 182 Å². The minimum absolute atomic E-state index is 0.00242. The Morgan fingerprint density at radius 1 is 0.871 bits per heavy atom. The Hall–Kier alpha value is -3.15. The first kappa shape index (κ1) is 19.8. The van der Waals surface area contributed by atoms with Gasteiger partial charge in [0.1, 0.15) is 11.5 Å². The van der Waals surface area contributed by atoms with E-state index in [-0.39, 0.29) is 17.9 Å². The number of amides is 1. The number of para-hydroxylation sites is 2. The Balaban J connectivity index is 1.40. The van der Waals surface area contributed by atoms with Crippen molar-refractivity contribution < 1.29 is 14.3 Å². The fourth-order valence-electron chi connectivity index (χ4n) is 4.51. The van der Waals surface area contributed by atoms with Crippen LogP contribution in [0.2, 0.25) is 0 Å². The van der Waals surface area contributed by atoms with Crippen LogP contribution in [0.3, 0.4) is 0 Å². The molecule has 0 aliphatic carbocycles. The quantitative estimate of drug-likeness (QED) is 0.683. The van der Waals surface area contributed by atoms with Crippen LogP contribution in [0.15, 0.2) is 78.9 Å². The van der Waals surface area contributed by atoms with Gasteiger partial charge in [0.2, 0.25) is 5.91 Å². The molecule has 3 aromatic carbocycles. The summed E-state index contributed by atoms with van der Waals surface area (Å²) in [5, 5.41) is 3.25. The molecule has 0 unspecified atom stereocenters. The number of carbonyl (C=O) groups is 1. The molecule has 5 nitrogen and oxygen atoms in total. The summed E-state index contributed by atoms with van der Waals surface area (Å²) in [5.74, 6) is 1.10. The smallest absolute Gasteiger partial charge is 0.232 e. The zero-order valence-corrected chi connectivity index (χ0v) is 17.4. The van der Waals surface area contributed by atoms with E-state index in [1.165, 1.54) is 5.56 Å². The van der Waals surface area contributed by atoms with Gasteiger partial charge in [0.05, 0.1) is 25.2 Å². The maximum Gasteiger partial charge on any atom is 0.232 e. The maximum absolute atomic E-state index is 13.5. The number of nitrogens with zero attached hydrogens (tertiary/aromatic N) is 1.